The maximum Gasteiger partial charge on any atom is 0.498 e. The van der Waals surface area contributed by atoms with Gasteiger partial charge in [0.25, 0.3) is 0 Å². The van der Waals surface area contributed by atoms with Crippen molar-refractivity contribution in [2.75, 3.05) is 14.2 Å². The second-order valence-electron chi connectivity index (χ2n) is 28.5. The van der Waals surface area contributed by atoms with Crippen LogP contribution in [0, 0.1) is 0 Å². The fourth-order valence-electron chi connectivity index (χ4n) is 11.0. The number of rotatable bonds is 10. The summed E-state index contributed by atoms with van der Waals surface area (Å²) in [6.07, 6.45) is 0. The van der Waals surface area contributed by atoms with Gasteiger partial charge in [-0.15, -0.1) is 0 Å². The summed E-state index contributed by atoms with van der Waals surface area (Å²) >= 11 is 3.69. The smallest absolute Gasteiger partial charge is 0.497 e. The van der Waals surface area contributed by atoms with Crippen molar-refractivity contribution in [3.8, 4) is 78.3 Å². The normalized spacial score (nSPS) is 17.8. The summed E-state index contributed by atoms with van der Waals surface area (Å²) in [6.45, 7) is 38.2. The maximum atomic E-state index is 6.47. The lowest BCUT2D eigenvalue weighted by molar-refractivity contribution is 0.00578. The Morgan fingerprint density at radius 1 is 0.330 bits per heavy atom. The second kappa shape index (κ2) is 25.2. The van der Waals surface area contributed by atoms with E-state index in [1.54, 1.807) is 14.2 Å². The van der Waals surface area contributed by atoms with Crippen LogP contribution in [0.4, 0.5) is 0 Å². The predicted octanol–water partition coefficient (Wildman–Crippen LogP) is 19.3. The number of methoxy groups -OCH3 is 2. The molecule has 458 valence electrons. The molecule has 3 aliphatic heterocycles. The van der Waals surface area contributed by atoms with Crippen molar-refractivity contribution in [1.29, 1.82) is 0 Å². The highest BCUT2D eigenvalue weighted by atomic mass is 79.9. The summed E-state index contributed by atoms with van der Waals surface area (Å²) < 4.78 is 49.0. The summed E-state index contributed by atoms with van der Waals surface area (Å²) in [5.74, 6) is 1.59. The quantitative estimate of drug-likeness (QED) is 0.125. The molecule has 12 heteroatoms. The molecule has 0 N–H and O–H groups in total. The molecule has 88 heavy (non-hydrogen) atoms. The fourth-order valence-corrected chi connectivity index (χ4v) is 11.6. The minimum absolute atomic E-state index is 0.0145. The van der Waals surface area contributed by atoms with Crippen molar-refractivity contribution in [3.05, 3.63) is 198 Å². The zero-order chi connectivity index (χ0) is 64.0. The molecule has 0 atom stereocenters. The Morgan fingerprint density at radius 3 is 0.875 bits per heavy atom. The molecule has 0 spiro atoms. The number of hydrogen-bond acceptors (Lipinski definition) is 8. The number of hydrogen-bond donors (Lipinski definition) is 0. The fraction of sp³-hybridized carbons (Fsp3) is 0.368. The van der Waals surface area contributed by atoms with Gasteiger partial charge in [-0.3, -0.25) is 0 Å². The average Bonchev–Trinajstić information content (AvgIpc) is 2.13. The van der Waals surface area contributed by atoms with Gasteiger partial charge in [0.15, 0.2) is 0 Å². The Bertz CT molecular complexity index is 3520. The molecule has 0 aliphatic carbocycles. The van der Waals surface area contributed by atoms with E-state index in [9.17, 15) is 0 Å². The Labute approximate surface area is 535 Å². The monoisotopic (exact) mass is 1240 g/mol. The largest absolute Gasteiger partial charge is 0.498 e. The zero-order valence-corrected chi connectivity index (χ0v) is 57.3. The number of ether oxygens (including phenoxy) is 2. The van der Waals surface area contributed by atoms with E-state index in [0.29, 0.717) is 0 Å². The molecule has 8 aromatic rings. The minimum Gasteiger partial charge on any atom is -0.497 e. The van der Waals surface area contributed by atoms with Crippen LogP contribution < -0.4 is 14.9 Å². The molecule has 3 saturated heterocycles. The van der Waals surface area contributed by atoms with E-state index < -0.39 is 32.3 Å². The van der Waals surface area contributed by atoms with Gasteiger partial charge in [-0.1, -0.05) is 181 Å². The third-order valence-electron chi connectivity index (χ3n) is 18.6. The highest BCUT2D eigenvalue weighted by Crippen LogP contribution is 2.48. The first-order valence-electron chi connectivity index (χ1n) is 30.9. The summed E-state index contributed by atoms with van der Waals surface area (Å²) in [5.41, 5.74) is 15.5. The third kappa shape index (κ3) is 13.9. The van der Waals surface area contributed by atoms with Crippen LogP contribution in [0.3, 0.4) is 0 Å². The molecule has 3 heterocycles. The van der Waals surface area contributed by atoms with Crippen LogP contribution in [-0.4, -0.2) is 69.0 Å². The lowest BCUT2D eigenvalue weighted by Crippen LogP contribution is -2.41. The Hall–Kier alpha value is -6.21. The molecule has 0 saturated carbocycles. The van der Waals surface area contributed by atoms with E-state index >= 15 is 0 Å². The van der Waals surface area contributed by atoms with Gasteiger partial charge in [0.05, 0.1) is 52.3 Å². The first kappa shape index (κ1) is 66.2. The van der Waals surface area contributed by atoms with Crippen LogP contribution in [-0.2, 0) is 38.8 Å². The topological polar surface area (TPSA) is 73.8 Å². The van der Waals surface area contributed by atoms with Crippen LogP contribution in [0.25, 0.3) is 66.8 Å². The second-order valence-corrected chi connectivity index (χ2v) is 29.4. The molecule has 0 radical (unpaired) electrons. The lowest BCUT2D eigenvalue weighted by atomic mass is 9.49. The SMILES string of the molecule is CC1(C)OB(B2OC(C)(C)C(C)(C)O2)OC1(C)C.COc1ccc(-c2c(-c3ccccc3)cc(C(C)(C)C)cc2-c2ccccc2)cc1B1OC(C)(C)C(C)(C)O1.COc1ccc(-c2c(-c3ccccc3)cc(C(C)(C)C)cc2-c2ccccc2)cc1Br. The Kier molecular flexibility index (Phi) is 19.0. The van der Waals surface area contributed by atoms with E-state index in [2.05, 4.69) is 255 Å². The number of benzene rings is 8. The van der Waals surface area contributed by atoms with Crippen molar-refractivity contribution in [2.45, 2.75) is 169 Å². The summed E-state index contributed by atoms with van der Waals surface area (Å²) in [6, 6.07) is 64.8. The molecule has 8 nitrogen and oxygen atoms in total. The lowest BCUT2D eigenvalue weighted by Gasteiger charge is -2.32. The van der Waals surface area contributed by atoms with Crippen molar-refractivity contribution in [1.82, 2.24) is 0 Å². The van der Waals surface area contributed by atoms with E-state index in [-0.39, 0.29) is 33.2 Å². The predicted molar refractivity (Wildman–Crippen MR) is 372 cm³/mol. The molecule has 8 aromatic carbocycles. The molecule has 0 aromatic heterocycles. The molecule has 11 rings (SSSR count). The van der Waals surface area contributed by atoms with E-state index in [1.165, 1.54) is 66.8 Å². The van der Waals surface area contributed by atoms with Gasteiger partial charge in [-0.25, -0.2) is 0 Å². The Morgan fingerprint density at radius 2 is 0.602 bits per heavy atom. The highest BCUT2D eigenvalue weighted by Gasteiger charge is 2.64. The maximum absolute atomic E-state index is 6.47. The highest BCUT2D eigenvalue weighted by molar-refractivity contribution is 9.10. The molecule has 0 amide bonds. The van der Waals surface area contributed by atoms with E-state index in [4.69, 9.17) is 37.4 Å². The van der Waals surface area contributed by atoms with E-state index in [0.717, 1.165) is 32.6 Å². The van der Waals surface area contributed by atoms with Crippen molar-refractivity contribution in [2.24, 2.45) is 0 Å². The van der Waals surface area contributed by atoms with Gasteiger partial charge >= 0.3 is 21.1 Å². The van der Waals surface area contributed by atoms with Gasteiger partial charge in [0, 0.05) is 5.46 Å². The molecule has 0 bridgehead atoms. The van der Waals surface area contributed by atoms with Gasteiger partial charge < -0.3 is 37.4 Å². The molecular formula is C76H90B3BrO8. The van der Waals surface area contributed by atoms with E-state index in [1.807, 2.05) is 67.5 Å². The molecule has 3 fully saturated rings. The summed E-state index contributed by atoms with van der Waals surface area (Å²) in [4.78, 5) is 0. The minimum atomic E-state index is -0.529. The van der Waals surface area contributed by atoms with Crippen LogP contribution >= 0.6 is 15.9 Å². The van der Waals surface area contributed by atoms with Crippen LogP contribution in [0.2, 0.25) is 0 Å². The van der Waals surface area contributed by atoms with Gasteiger partial charge in [0.1, 0.15) is 11.5 Å². The standard InChI is InChI=1S/C35H39BO3.C29H27BrO.C12H24B2O4/c1-33(2,3)27-22-28(24-15-11-9-12-16-24)32(29(23-27)25-17-13-10-14-18-25)26-19-20-31(37-8)30(21-26)36-38-34(4,5)35(6,7)39-36;1-29(2,3)23-18-24(20-11-7-5-8-12-20)28(22-15-16-27(31-4)26(30)17-22)25(19-23)21-13-9-6-10-14-21;1-9(2)10(3,4)16-13(15-9)14-17-11(5,6)12(7,8)18-14/h9-23H,1-8H3;5-19H,1-4H3;1-8H3. The van der Waals surface area contributed by atoms with Crippen molar-refractivity contribution >= 4 is 42.5 Å². The van der Waals surface area contributed by atoms with Gasteiger partial charge in [-0.05, 0) is 230 Å². The molecule has 0 unspecified atom stereocenters. The van der Waals surface area contributed by atoms with Crippen LogP contribution in [0.5, 0.6) is 11.5 Å². The first-order valence-corrected chi connectivity index (χ1v) is 31.6. The first-order chi connectivity index (χ1) is 41.2. The van der Waals surface area contributed by atoms with Gasteiger partial charge in [-0.2, -0.15) is 0 Å². The molecule has 3 aliphatic rings. The van der Waals surface area contributed by atoms with Crippen molar-refractivity contribution in [3.63, 3.8) is 0 Å². The average molecular weight is 1240 g/mol. The zero-order valence-electron chi connectivity index (χ0n) is 55.7. The van der Waals surface area contributed by atoms with Crippen LogP contribution in [0.1, 0.15) is 136 Å². The summed E-state index contributed by atoms with van der Waals surface area (Å²) in [7, 11) is 1.92. The Balaban J connectivity index is 0.000000168. The summed E-state index contributed by atoms with van der Waals surface area (Å²) in [5, 5.41) is 0. The van der Waals surface area contributed by atoms with Gasteiger partial charge in [0.2, 0.25) is 0 Å². The number of halogens is 1. The van der Waals surface area contributed by atoms with Crippen molar-refractivity contribution < 1.29 is 37.4 Å². The third-order valence-corrected chi connectivity index (χ3v) is 19.2. The van der Waals surface area contributed by atoms with Crippen LogP contribution in [0.15, 0.2) is 186 Å². The molecular weight excluding hydrogens is 1150 g/mol.